The Kier molecular flexibility index (Phi) is 2.41. The molecule has 6 aromatic carbocycles. The second-order valence-corrected chi connectivity index (χ2v) is 6.86. The summed E-state index contributed by atoms with van der Waals surface area (Å²) in [7, 11) is 0. The Bertz CT molecular complexity index is 1610. The molecule has 0 saturated heterocycles. The number of fused-ring (bicyclic) bond motifs is 8. The topological polar surface area (TPSA) is 34.1 Å². The normalized spacial score (nSPS) is 12.2. The second kappa shape index (κ2) is 4.55. The van der Waals surface area contributed by atoms with Gasteiger partial charge in [-0.05, 0) is 45.1 Å². The van der Waals surface area contributed by atoms with E-state index in [2.05, 4.69) is 6.07 Å². The fraction of sp³-hybridized carbons (Fsp3) is 0. The molecule has 2 nitrogen and oxygen atoms in total. The van der Waals surface area contributed by atoms with Gasteiger partial charge in [-0.15, -0.1) is 0 Å². The highest BCUT2D eigenvalue weighted by Gasteiger charge is 2.15. The zero-order valence-corrected chi connectivity index (χ0v) is 13.7. The van der Waals surface area contributed by atoms with E-state index in [9.17, 15) is 9.59 Å². The van der Waals surface area contributed by atoms with E-state index >= 15 is 0 Å². The third-order valence-electron chi connectivity index (χ3n) is 5.55. The van der Waals surface area contributed by atoms with Crippen molar-refractivity contribution in [3.05, 3.63) is 93.2 Å². The van der Waals surface area contributed by atoms with Gasteiger partial charge in [0.05, 0.1) is 0 Å². The van der Waals surface area contributed by atoms with Crippen LogP contribution in [0.4, 0.5) is 0 Å². The van der Waals surface area contributed by atoms with Crippen molar-refractivity contribution in [3.63, 3.8) is 0 Å². The van der Waals surface area contributed by atoms with Crippen LogP contribution >= 0.6 is 0 Å². The highest BCUT2D eigenvalue weighted by atomic mass is 16.1. The van der Waals surface area contributed by atoms with Crippen molar-refractivity contribution in [2.75, 3.05) is 0 Å². The van der Waals surface area contributed by atoms with E-state index in [1.165, 1.54) is 0 Å². The number of hydrogen-bond acceptors (Lipinski definition) is 2. The Morgan fingerprint density at radius 3 is 1.81 bits per heavy atom. The summed E-state index contributed by atoms with van der Waals surface area (Å²) in [5.41, 5.74) is 0.125. The van der Waals surface area contributed by atoms with Crippen LogP contribution in [0.3, 0.4) is 0 Å². The van der Waals surface area contributed by atoms with Gasteiger partial charge in [0.25, 0.3) is 0 Å². The Balaban J connectivity index is 1.95. The summed E-state index contributed by atoms with van der Waals surface area (Å²) in [5.74, 6) is 0. The molecule has 0 aliphatic carbocycles. The van der Waals surface area contributed by atoms with Crippen molar-refractivity contribution in [3.8, 4) is 0 Å². The van der Waals surface area contributed by atoms with Gasteiger partial charge in [-0.2, -0.15) is 0 Å². The summed E-state index contributed by atoms with van der Waals surface area (Å²) in [6.07, 6.45) is 0. The first-order valence-corrected chi connectivity index (χ1v) is 8.63. The molecular weight excluding hydrogens is 320 g/mol. The van der Waals surface area contributed by atoms with Crippen LogP contribution in [0, 0.1) is 0 Å². The molecule has 0 aromatic heterocycles. The average Bonchev–Trinajstić information content (AvgIpc) is 3.14. The molecule has 0 spiro atoms. The summed E-state index contributed by atoms with van der Waals surface area (Å²) in [6, 6.07) is 23.4. The van der Waals surface area contributed by atoms with Crippen LogP contribution in [-0.2, 0) is 0 Å². The lowest BCUT2D eigenvalue weighted by Gasteiger charge is -2.02. The maximum absolute atomic E-state index is 12.9. The Morgan fingerprint density at radius 1 is 0.423 bits per heavy atom. The van der Waals surface area contributed by atoms with Crippen molar-refractivity contribution in [1.29, 1.82) is 0 Å². The van der Waals surface area contributed by atoms with Gasteiger partial charge in [-0.1, -0.05) is 54.6 Å². The van der Waals surface area contributed by atoms with E-state index in [0.717, 1.165) is 53.9 Å². The van der Waals surface area contributed by atoms with Gasteiger partial charge in [0.1, 0.15) is 0 Å². The molecule has 0 unspecified atom stereocenters. The molecule has 26 heavy (non-hydrogen) atoms. The Labute approximate surface area is 147 Å². The van der Waals surface area contributed by atoms with Crippen molar-refractivity contribution < 1.29 is 0 Å². The first-order chi connectivity index (χ1) is 12.7. The van der Waals surface area contributed by atoms with E-state index in [1.807, 2.05) is 66.7 Å². The molecule has 0 saturated carbocycles. The molecule has 6 aromatic rings. The molecule has 6 rings (SSSR count). The van der Waals surface area contributed by atoms with Gasteiger partial charge in [0.15, 0.2) is 10.9 Å². The van der Waals surface area contributed by atoms with Crippen molar-refractivity contribution >= 4 is 53.9 Å². The molecule has 0 amide bonds. The highest BCUT2D eigenvalue weighted by molar-refractivity contribution is 6.26. The average molecular weight is 332 g/mol. The van der Waals surface area contributed by atoms with E-state index in [1.54, 1.807) is 0 Å². The van der Waals surface area contributed by atoms with E-state index in [-0.39, 0.29) is 10.9 Å². The van der Waals surface area contributed by atoms with Crippen LogP contribution in [-0.4, -0.2) is 0 Å². The monoisotopic (exact) mass is 332 g/mol. The molecule has 0 fully saturated rings. The lowest BCUT2D eigenvalue weighted by Crippen LogP contribution is -1.94. The lowest BCUT2D eigenvalue weighted by atomic mass is 10.0. The van der Waals surface area contributed by atoms with Crippen molar-refractivity contribution in [2.45, 2.75) is 0 Å². The maximum Gasteiger partial charge on any atom is 0.194 e. The third-order valence-corrected chi connectivity index (χ3v) is 5.55. The van der Waals surface area contributed by atoms with Gasteiger partial charge < -0.3 is 0 Å². The van der Waals surface area contributed by atoms with Crippen LogP contribution in [0.5, 0.6) is 0 Å². The molecule has 0 bridgehead atoms. The highest BCUT2D eigenvalue weighted by Crippen LogP contribution is 2.35. The molecule has 0 aliphatic heterocycles. The number of hydrogen-bond donors (Lipinski definition) is 0. The van der Waals surface area contributed by atoms with Crippen molar-refractivity contribution in [2.24, 2.45) is 0 Å². The lowest BCUT2D eigenvalue weighted by molar-refractivity contribution is 1.80. The van der Waals surface area contributed by atoms with Gasteiger partial charge in [0.2, 0.25) is 0 Å². The van der Waals surface area contributed by atoms with Crippen LogP contribution in [0.1, 0.15) is 0 Å². The molecular formula is C24H12O2. The molecule has 0 heterocycles. The molecule has 2 heteroatoms. The fourth-order valence-electron chi connectivity index (χ4n) is 4.37. The molecule has 0 atom stereocenters. The minimum atomic E-state index is 0.0626. The predicted molar refractivity (Wildman–Crippen MR) is 109 cm³/mol. The minimum Gasteiger partial charge on any atom is -0.289 e. The zero-order chi connectivity index (χ0) is 17.4. The molecule has 120 valence electrons. The summed E-state index contributed by atoms with van der Waals surface area (Å²) in [6.45, 7) is 0. The summed E-state index contributed by atoms with van der Waals surface area (Å²) in [4.78, 5) is 25.6. The smallest absolute Gasteiger partial charge is 0.194 e. The maximum atomic E-state index is 12.9. The first-order valence-electron chi connectivity index (χ1n) is 8.63. The first kappa shape index (κ1) is 13.7. The summed E-state index contributed by atoms with van der Waals surface area (Å²) < 4.78 is 0. The zero-order valence-electron chi connectivity index (χ0n) is 13.7. The molecule has 0 aliphatic rings. The van der Waals surface area contributed by atoms with E-state index in [0.29, 0.717) is 0 Å². The summed E-state index contributed by atoms with van der Waals surface area (Å²) >= 11 is 0. The van der Waals surface area contributed by atoms with Gasteiger partial charge in [-0.25, -0.2) is 0 Å². The Morgan fingerprint density at radius 2 is 1.04 bits per heavy atom. The van der Waals surface area contributed by atoms with E-state index in [4.69, 9.17) is 0 Å². The van der Waals surface area contributed by atoms with Crippen LogP contribution < -0.4 is 10.9 Å². The minimum absolute atomic E-state index is 0.0626. The third kappa shape index (κ3) is 1.52. The van der Waals surface area contributed by atoms with Crippen LogP contribution in [0.2, 0.25) is 0 Å². The molecule has 0 radical (unpaired) electrons. The largest absolute Gasteiger partial charge is 0.289 e. The molecule has 0 N–H and O–H groups in total. The standard InChI is InChI=1S/C24H12O2/c25-23-17-8-4-2-6-15(17)22-18(23)10-9-13-11-20-14-5-1-3-7-16(14)24(26)21(20)12-19(13)22/h1-12H. The Hall–Kier alpha value is -3.52. The SMILES string of the molecule is O=c1c2ccccc2c2cc3ccc4c(=O)c5ccccc5c4c3cc12. The predicted octanol–water partition coefficient (Wildman–Crippen LogP) is 5.05. The van der Waals surface area contributed by atoms with Crippen molar-refractivity contribution in [1.82, 2.24) is 0 Å². The van der Waals surface area contributed by atoms with Crippen LogP contribution in [0.15, 0.2) is 82.4 Å². The van der Waals surface area contributed by atoms with Crippen LogP contribution in [0.25, 0.3) is 53.9 Å². The van der Waals surface area contributed by atoms with Gasteiger partial charge >= 0.3 is 0 Å². The number of rotatable bonds is 0. The summed E-state index contributed by atoms with van der Waals surface area (Å²) in [5, 5.41) is 8.86. The quantitative estimate of drug-likeness (QED) is 0.390. The second-order valence-electron chi connectivity index (χ2n) is 6.86. The fourth-order valence-corrected chi connectivity index (χ4v) is 4.37. The number of benzene rings is 4. The van der Waals surface area contributed by atoms with E-state index < -0.39 is 0 Å². The van der Waals surface area contributed by atoms with Gasteiger partial charge in [0, 0.05) is 26.9 Å². The van der Waals surface area contributed by atoms with Gasteiger partial charge in [-0.3, -0.25) is 9.59 Å².